The number of nitrogens with one attached hydrogen (secondary N) is 1. The number of anilines is 2. The molecule has 150 valence electrons. The summed E-state index contributed by atoms with van der Waals surface area (Å²) in [5, 5.41) is 0. The monoisotopic (exact) mass is 391 g/mol. The van der Waals surface area contributed by atoms with Crippen LogP contribution in [0.25, 0.3) is 0 Å². The summed E-state index contributed by atoms with van der Waals surface area (Å²) in [5.74, 6) is 0.597. The first-order chi connectivity index (χ1) is 13.0. The van der Waals surface area contributed by atoms with E-state index >= 15 is 0 Å². The van der Waals surface area contributed by atoms with Crippen molar-refractivity contribution in [2.24, 2.45) is 0 Å². The Balaban J connectivity index is 1.63. The van der Waals surface area contributed by atoms with Crippen molar-refractivity contribution >= 4 is 21.4 Å². The SMILES string of the molecule is CCCN1c2ccc(NS(=O)(=O)CC)cc2C2CN(C3CCCC3)CCC21. The van der Waals surface area contributed by atoms with Crippen LogP contribution in [0.15, 0.2) is 18.2 Å². The van der Waals surface area contributed by atoms with Gasteiger partial charge in [0.15, 0.2) is 0 Å². The lowest BCUT2D eigenvalue weighted by Gasteiger charge is -2.41. The summed E-state index contributed by atoms with van der Waals surface area (Å²) in [7, 11) is -3.24. The lowest BCUT2D eigenvalue weighted by atomic mass is 9.88. The predicted octanol–water partition coefficient (Wildman–Crippen LogP) is 3.78. The van der Waals surface area contributed by atoms with Gasteiger partial charge >= 0.3 is 0 Å². The Hall–Kier alpha value is -1.27. The van der Waals surface area contributed by atoms with Crippen LogP contribution in [-0.4, -0.2) is 50.8 Å². The second kappa shape index (κ2) is 7.63. The molecule has 27 heavy (non-hydrogen) atoms. The highest BCUT2D eigenvalue weighted by molar-refractivity contribution is 7.92. The van der Waals surface area contributed by atoms with Gasteiger partial charge in [0.1, 0.15) is 0 Å². The molecule has 1 aromatic carbocycles. The van der Waals surface area contributed by atoms with Gasteiger partial charge in [-0.25, -0.2) is 8.42 Å². The summed E-state index contributed by atoms with van der Waals surface area (Å²) in [6.45, 7) is 7.32. The van der Waals surface area contributed by atoms with Gasteiger partial charge in [-0.15, -0.1) is 0 Å². The Morgan fingerprint density at radius 1 is 1.15 bits per heavy atom. The zero-order valence-electron chi connectivity index (χ0n) is 16.7. The maximum absolute atomic E-state index is 12.0. The molecule has 2 heterocycles. The molecule has 1 saturated carbocycles. The van der Waals surface area contributed by atoms with Gasteiger partial charge in [-0.3, -0.25) is 9.62 Å². The van der Waals surface area contributed by atoms with Crippen LogP contribution < -0.4 is 9.62 Å². The van der Waals surface area contributed by atoms with Gasteiger partial charge in [0.2, 0.25) is 10.0 Å². The molecule has 1 N–H and O–H groups in total. The third-order valence-electron chi connectivity index (χ3n) is 6.70. The molecule has 1 aromatic rings. The number of piperidine rings is 1. The molecule has 1 saturated heterocycles. The van der Waals surface area contributed by atoms with Crippen molar-refractivity contribution in [2.75, 3.05) is 35.0 Å². The molecule has 0 spiro atoms. The van der Waals surface area contributed by atoms with E-state index in [1.54, 1.807) is 6.92 Å². The first-order valence-corrected chi connectivity index (χ1v) is 12.3. The third-order valence-corrected chi connectivity index (χ3v) is 8.01. The first kappa shape index (κ1) is 19.1. The summed E-state index contributed by atoms with van der Waals surface area (Å²) in [5.41, 5.74) is 3.37. The second-order valence-corrected chi connectivity index (χ2v) is 10.4. The molecule has 2 aliphatic heterocycles. The summed E-state index contributed by atoms with van der Waals surface area (Å²) in [4.78, 5) is 5.31. The number of hydrogen-bond acceptors (Lipinski definition) is 4. The van der Waals surface area contributed by atoms with Crippen molar-refractivity contribution in [1.82, 2.24) is 4.90 Å². The molecular weight excluding hydrogens is 358 g/mol. The Labute approximate surface area is 164 Å². The minimum absolute atomic E-state index is 0.105. The number of nitrogens with zero attached hydrogens (tertiary/aromatic N) is 2. The van der Waals surface area contributed by atoms with Gasteiger partial charge in [-0.05, 0) is 56.4 Å². The van der Waals surface area contributed by atoms with Crippen molar-refractivity contribution in [2.45, 2.75) is 70.4 Å². The van der Waals surface area contributed by atoms with Crippen molar-refractivity contribution in [3.05, 3.63) is 23.8 Å². The normalized spacial score (nSPS) is 26.2. The first-order valence-electron chi connectivity index (χ1n) is 10.7. The van der Waals surface area contributed by atoms with Gasteiger partial charge in [-0.2, -0.15) is 0 Å². The van der Waals surface area contributed by atoms with Crippen LogP contribution in [0.3, 0.4) is 0 Å². The Morgan fingerprint density at radius 3 is 2.63 bits per heavy atom. The van der Waals surface area contributed by atoms with Crippen LogP contribution in [0.2, 0.25) is 0 Å². The lowest BCUT2D eigenvalue weighted by Crippen LogP contribution is -2.49. The molecule has 6 heteroatoms. The minimum atomic E-state index is -3.24. The molecular formula is C21H33N3O2S. The Bertz CT molecular complexity index is 774. The van der Waals surface area contributed by atoms with Crippen molar-refractivity contribution < 1.29 is 8.42 Å². The largest absolute Gasteiger partial charge is 0.368 e. The number of benzene rings is 1. The Kier molecular flexibility index (Phi) is 5.39. The van der Waals surface area contributed by atoms with E-state index in [0.717, 1.165) is 25.6 Å². The standard InChI is InChI=1S/C21H33N3O2S/c1-3-12-24-20-10-9-16(22-27(25,26)4-2)14-18(20)19-15-23(13-11-21(19)24)17-7-5-6-8-17/h9-10,14,17,19,21-22H,3-8,11-13,15H2,1-2H3. The molecule has 3 aliphatic rings. The molecule has 0 aromatic heterocycles. The molecule has 1 aliphatic carbocycles. The fourth-order valence-electron chi connectivity index (χ4n) is 5.38. The van der Waals surface area contributed by atoms with Crippen molar-refractivity contribution in [1.29, 1.82) is 0 Å². The maximum Gasteiger partial charge on any atom is 0.232 e. The molecule has 2 unspecified atom stereocenters. The zero-order valence-corrected chi connectivity index (χ0v) is 17.5. The molecule has 0 bridgehead atoms. The van der Waals surface area contributed by atoms with Gasteiger partial charge in [0, 0.05) is 49.0 Å². The van der Waals surface area contributed by atoms with E-state index in [4.69, 9.17) is 0 Å². The maximum atomic E-state index is 12.0. The van der Waals surface area contributed by atoms with E-state index in [1.807, 2.05) is 6.07 Å². The van der Waals surface area contributed by atoms with Crippen LogP contribution in [0.4, 0.5) is 11.4 Å². The van der Waals surface area contributed by atoms with Gasteiger partial charge < -0.3 is 4.90 Å². The number of fused-ring (bicyclic) bond motifs is 3. The van der Waals surface area contributed by atoms with Crippen LogP contribution in [0.1, 0.15) is 63.9 Å². The van der Waals surface area contributed by atoms with Crippen molar-refractivity contribution in [3.63, 3.8) is 0 Å². The number of hydrogen-bond donors (Lipinski definition) is 1. The Morgan fingerprint density at radius 2 is 1.93 bits per heavy atom. The topological polar surface area (TPSA) is 52.7 Å². The van der Waals surface area contributed by atoms with Crippen LogP contribution in [-0.2, 0) is 10.0 Å². The van der Waals surface area contributed by atoms with Gasteiger partial charge in [-0.1, -0.05) is 19.8 Å². The number of rotatable bonds is 6. The highest BCUT2D eigenvalue weighted by Crippen LogP contribution is 2.46. The smallest absolute Gasteiger partial charge is 0.232 e. The van der Waals surface area contributed by atoms with E-state index in [9.17, 15) is 8.42 Å². The highest BCUT2D eigenvalue weighted by Gasteiger charge is 2.43. The van der Waals surface area contributed by atoms with Crippen LogP contribution in [0.5, 0.6) is 0 Å². The molecule has 0 amide bonds. The van der Waals surface area contributed by atoms with Crippen molar-refractivity contribution in [3.8, 4) is 0 Å². The molecule has 2 atom stereocenters. The summed E-state index contributed by atoms with van der Waals surface area (Å²) < 4.78 is 26.8. The summed E-state index contributed by atoms with van der Waals surface area (Å²) in [6, 6.07) is 7.50. The van der Waals surface area contributed by atoms with Crippen LogP contribution >= 0.6 is 0 Å². The van der Waals surface area contributed by atoms with E-state index in [0.29, 0.717) is 17.6 Å². The molecule has 5 nitrogen and oxygen atoms in total. The number of sulfonamides is 1. The van der Waals surface area contributed by atoms with E-state index < -0.39 is 10.0 Å². The molecule has 2 fully saturated rings. The van der Waals surface area contributed by atoms with Crippen LogP contribution in [0, 0.1) is 0 Å². The van der Waals surface area contributed by atoms with E-state index in [2.05, 4.69) is 33.6 Å². The minimum Gasteiger partial charge on any atom is -0.368 e. The lowest BCUT2D eigenvalue weighted by molar-refractivity contribution is 0.140. The second-order valence-electron chi connectivity index (χ2n) is 8.37. The van der Waals surface area contributed by atoms with E-state index in [1.165, 1.54) is 49.9 Å². The van der Waals surface area contributed by atoms with Gasteiger partial charge in [0.25, 0.3) is 0 Å². The highest BCUT2D eigenvalue weighted by atomic mass is 32.2. The summed E-state index contributed by atoms with van der Waals surface area (Å²) >= 11 is 0. The average Bonchev–Trinajstić information content (AvgIpc) is 3.29. The predicted molar refractivity (Wildman–Crippen MR) is 112 cm³/mol. The quantitative estimate of drug-likeness (QED) is 0.802. The molecule has 0 radical (unpaired) electrons. The van der Waals surface area contributed by atoms with Gasteiger partial charge in [0.05, 0.1) is 5.75 Å². The third kappa shape index (κ3) is 3.70. The zero-order chi connectivity index (χ0) is 19.0. The fourth-order valence-corrected chi connectivity index (χ4v) is 6.01. The summed E-state index contributed by atoms with van der Waals surface area (Å²) in [6.07, 6.45) is 7.79. The average molecular weight is 392 g/mol. The number of likely N-dealkylation sites (tertiary alicyclic amines) is 1. The van der Waals surface area contributed by atoms with E-state index in [-0.39, 0.29) is 5.75 Å². The molecule has 4 rings (SSSR count). The fraction of sp³-hybridized carbons (Fsp3) is 0.714.